The molecule has 0 saturated heterocycles. The molecule has 1 aromatic carbocycles. The molecule has 0 saturated carbocycles. The van der Waals surface area contributed by atoms with Crippen molar-refractivity contribution in [2.24, 2.45) is 0 Å². The Morgan fingerprint density at radius 2 is 1.91 bits per heavy atom. The number of H-pyrrole nitrogens is 1. The number of hydrogen-bond acceptors (Lipinski definition) is 3. The molecule has 0 radical (unpaired) electrons. The molecule has 114 valence electrons. The van der Waals surface area contributed by atoms with Gasteiger partial charge in [0, 0.05) is 31.9 Å². The summed E-state index contributed by atoms with van der Waals surface area (Å²) in [6.07, 6.45) is 1.89. The van der Waals surface area contributed by atoms with Crippen molar-refractivity contribution in [3.05, 3.63) is 58.9 Å². The van der Waals surface area contributed by atoms with E-state index in [1.807, 2.05) is 30.3 Å². The van der Waals surface area contributed by atoms with Crippen LogP contribution >= 0.6 is 12.2 Å². The van der Waals surface area contributed by atoms with Gasteiger partial charge < -0.3 is 15.2 Å². The van der Waals surface area contributed by atoms with Gasteiger partial charge in [0.2, 0.25) is 5.91 Å². The zero-order chi connectivity index (χ0) is 15.9. The predicted molar refractivity (Wildman–Crippen MR) is 88.4 cm³/mol. The van der Waals surface area contributed by atoms with E-state index < -0.39 is 0 Å². The van der Waals surface area contributed by atoms with Crippen LogP contribution in [0.15, 0.2) is 48.7 Å². The minimum Gasteiger partial charge on any atom is -0.352 e. The summed E-state index contributed by atoms with van der Waals surface area (Å²) >= 11 is 5.04. The Labute approximate surface area is 134 Å². The van der Waals surface area contributed by atoms with Crippen molar-refractivity contribution in [3.8, 4) is 0 Å². The van der Waals surface area contributed by atoms with Gasteiger partial charge in [-0.3, -0.25) is 9.59 Å². The largest absolute Gasteiger partial charge is 0.352 e. The Hall–Kier alpha value is -2.47. The molecule has 0 spiro atoms. The number of aromatic amines is 1. The van der Waals surface area contributed by atoms with E-state index in [9.17, 15) is 9.59 Å². The molecule has 2 amide bonds. The number of hydrogen-bond donors (Lipinski definition) is 2. The smallest absolute Gasteiger partial charge is 0.254 e. The van der Waals surface area contributed by atoms with E-state index in [0.29, 0.717) is 10.2 Å². The van der Waals surface area contributed by atoms with Crippen LogP contribution < -0.4 is 10.2 Å². The number of aromatic nitrogens is 1. The lowest BCUT2D eigenvalue weighted by Gasteiger charge is -2.17. The second-order valence-electron chi connectivity index (χ2n) is 4.71. The monoisotopic (exact) mass is 315 g/mol. The molecule has 0 aliphatic heterocycles. The fourth-order valence-electron chi connectivity index (χ4n) is 1.94. The maximum absolute atomic E-state index is 12.1. The molecule has 2 aromatic rings. The summed E-state index contributed by atoms with van der Waals surface area (Å²) < 4.78 is 0.382. The summed E-state index contributed by atoms with van der Waals surface area (Å²) in [6.45, 7) is 0.262. The Kier molecular flexibility index (Phi) is 5.43. The number of rotatable bonds is 5. The van der Waals surface area contributed by atoms with E-state index in [-0.39, 0.29) is 24.8 Å². The third-order valence-corrected chi connectivity index (χ3v) is 3.54. The molecule has 1 heterocycles. The van der Waals surface area contributed by atoms with Crippen molar-refractivity contribution < 1.29 is 9.59 Å². The normalized spacial score (nSPS) is 10.0. The fourth-order valence-corrected chi connectivity index (χ4v) is 2.17. The van der Waals surface area contributed by atoms with E-state index >= 15 is 0 Å². The Morgan fingerprint density at radius 1 is 1.18 bits per heavy atom. The first-order chi connectivity index (χ1) is 10.6. The SMILES string of the molecule is CN(C(=O)CCNC(=O)c1ccc[nH]c1=S)c1ccccc1. The predicted octanol–water partition coefficient (Wildman–Crippen LogP) is 2.53. The number of carbonyl (C=O) groups excluding carboxylic acids is 2. The molecule has 1 aromatic heterocycles. The second kappa shape index (κ2) is 7.51. The van der Waals surface area contributed by atoms with Crippen molar-refractivity contribution in [2.75, 3.05) is 18.5 Å². The first-order valence-electron chi connectivity index (χ1n) is 6.87. The van der Waals surface area contributed by atoms with E-state index in [4.69, 9.17) is 12.2 Å². The van der Waals surface area contributed by atoms with Gasteiger partial charge in [0.25, 0.3) is 5.91 Å². The molecular weight excluding hydrogens is 298 g/mol. The molecule has 2 N–H and O–H groups in total. The highest BCUT2D eigenvalue weighted by Gasteiger charge is 2.12. The van der Waals surface area contributed by atoms with Gasteiger partial charge in [-0.1, -0.05) is 30.4 Å². The lowest BCUT2D eigenvalue weighted by atomic mass is 10.2. The molecular formula is C16H17N3O2S. The second-order valence-corrected chi connectivity index (χ2v) is 5.12. The highest BCUT2D eigenvalue weighted by molar-refractivity contribution is 7.71. The van der Waals surface area contributed by atoms with Gasteiger partial charge in [0.05, 0.1) is 5.56 Å². The van der Waals surface area contributed by atoms with Crippen LogP contribution in [0, 0.1) is 4.64 Å². The number of pyridine rings is 1. The van der Waals surface area contributed by atoms with Crippen LogP contribution in [0.2, 0.25) is 0 Å². The van der Waals surface area contributed by atoms with E-state index in [2.05, 4.69) is 10.3 Å². The van der Waals surface area contributed by atoms with Crippen LogP contribution in [0.25, 0.3) is 0 Å². The minimum absolute atomic E-state index is 0.0651. The average molecular weight is 315 g/mol. The molecule has 22 heavy (non-hydrogen) atoms. The van der Waals surface area contributed by atoms with Gasteiger partial charge in [-0.05, 0) is 24.3 Å². The summed E-state index contributed by atoms with van der Waals surface area (Å²) in [7, 11) is 1.72. The van der Waals surface area contributed by atoms with Crippen LogP contribution in [-0.4, -0.2) is 30.4 Å². The lowest BCUT2D eigenvalue weighted by molar-refractivity contribution is -0.118. The van der Waals surface area contributed by atoms with Crippen molar-refractivity contribution >= 4 is 29.7 Å². The number of amides is 2. The molecule has 0 aliphatic carbocycles. The Bertz CT molecular complexity index is 713. The van der Waals surface area contributed by atoms with Crippen LogP contribution in [0.1, 0.15) is 16.8 Å². The van der Waals surface area contributed by atoms with Crippen molar-refractivity contribution in [3.63, 3.8) is 0 Å². The molecule has 5 nitrogen and oxygen atoms in total. The number of anilines is 1. The molecule has 0 atom stereocenters. The van der Waals surface area contributed by atoms with Gasteiger partial charge in [0.1, 0.15) is 4.64 Å². The first kappa shape index (κ1) is 15.9. The molecule has 0 aliphatic rings. The third-order valence-electron chi connectivity index (χ3n) is 3.20. The van der Waals surface area contributed by atoms with Gasteiger partial charge in [-0.15, -0.1) is 0 Å². The van der Waals surface area contributed by atoms with E-state index in [1.54, 1.807) is 30.3 Å². The molecule has 0 unspecified atom stereocenters. The van der Waals surface area contributed by atoms with Gasteiger partial charge in [-0.2, -0.15) is 0 Å². The van der Waals surface area contributed by atoms with Crippen LogP contribution in [0.5, 0.6) is 0 Å². The van der Waals surface area contributed by atoms with Gasteiger partial charge in [0.15, 0.2) is 0 Å². The maximum Gasteiger partial charge on any atom is 0.254 e. The highest BCUT2D eigenvalue weighted by atomic mass is 32.1. The summed E-state index contributed by atoms with van der Waals surface area (Å²) in [5.74, 6) is -0.346. The number of para-hydroxylation sites is 1. The minimum atomic E-state index is -0.281. The summed E-state index contributed by atoms with van der Waals surface area (Å²) in [4.78, 5) is 28.4. The van der Waals surface area contributed by atoms with Gasteiger partial charge in [-0.25, -0.2) is 0 Å². The van der Waals surface area contributed by atoms with Crippen molar-refractivity contribution in [1.29, 1.82) is 0 Å². The summed E-state index contributed by atoms with van der Waals surface area (Å²) in [5, 5.41) is 2.70. The Balaban J connectivity index is 1.86. The van der Waals surface area contributed by atoms with Crippen molar-refractivity contribution in [2.45, 2.75) is 6.42 Å². The Morgan fingerprint density at radius 3 is 2.59 bits per heavy atom. The molecule has 2 rings (SSSR count). The zero-order valence-corrected chi connectivity index (χ0v) is 13.0. The number of nitrogens with one attached hydrogen (secondary N) is 2. The van der Waals surface area contributed by atoms with Crippen LogP contribution in [-0.2, 0) is 4.79 Å². The third kappa shape index (κ3) is 4.02. The quantitative estimate of drug-likeness (QED) is 0.833. The van der Waals surface area contributed by atoms with E-state index in [1.165, 1.54) is 0 Å². The van der Waals surface area contributed by atoms with Crippen molar-refractivity contribution in [1.82, 2.24) is 10.3 Å². The standard InChI is InChI=1S/C16H17N3O2S/c1-19(12-6-3-2-4-7-12)14(20)9-11-17-15(21)13-8-5-10-18-16(13)22/h2-8,10H,9,11H2,1H3,(H,17,21)(H,18,22). The maximum atomic E-state index is 12.1. The lowest BCUT2D eigenvalue weighted by Crippen LogP contribution is -2.32. The number of carbonyl (C=O) groups is 2. The molecule has 6 heteroatoms. The number of benzene rings is 1. The summed E-state index contributed by atoms with van der Waals surface area (Å²) in [6, 6.07) is 12.7. The summed E-state index contributed by atoms with van der Waals surface area (Å²) in [5.41, 5.74) is 1.23. The first-order valence-corrected chi connectivity index (χ1v) is 7.28. The van der Waals surface area contributed by atoms with Crippen LogP contribution in [0.3, 0.4) is 0 Å². The molecule has 0 fully saturated rings. The van der Waals surface area contributed by atoms with E-state index in [0.717, 1.165) is 5.69 Å². The molecule has 0 bridgehead atoms. The van der Waals surface area contributed by atoms with Gasteiger partial charge >= 0.3 is 0 Å². The average Bonchev–Trinajstić information content (AvgIpc) is 2.55. The zero-order valence-electron chi connectivity index (χ0n) is 12.2. The topological polar surface area (TPSA) is 65.2 Å². The van der Waals surface area contributed by atoms with Crippen LogP contribution in [0.4, 0.5) is 5.69 Å². The number of nitrogens with zero attached hydrogens (tertiary/aromatic N) is 1. The highest BCUT2D eigenvalue weighted by Crippen LogP contribution is 2.11. The fraction of sp³-hybridized carbons (Fsp3) is 0.188.